The Hall–Kier alpha value is -1.50. The summed E-state index contributed by atoms with van der Waals surface area (Å²) in [7, 11) is 0. The number of hydrogen-bond acceptors (Lipinski definition) is 3. The number of nitrogens with zero attached hydrogens (tertiary/aromatic N) is 3. The predicted octanol–water partition coefficient (Wildman–Crippen LogP) is 2.43. The van der Waals surface area contributed by atoms with Crippen molar-refractivity contribution in [2.75, 3.05) is 19.8 Å². The third-order valence-electron chi connectivity index (χ3n) is 5.08. The number of alkyl halides is 2. The molecular weight excluding hydrogens is 304 g/mol. The molecule has 0 saturated carbocycles. The highest BCUT2D eigenvalue weighted by molar-refractivity contribution is 5.93. The first-order chi connectivity index (χ1) is 10.9. The van der Waals surface area contributed by atoms with Crippen LogP contribution in [0.1, 0.15) is 37.2 Å². The van der Waals surface area contributed by atoms with Crippen LogP contribution in [-0.2, 0) is 11.3 Å². The number of rotatable bonds is 4. The number of halogens is 2. The molecule has 2 aliphatic heterocycles. The van der Waals surface area contributed by atoms with Crippen LogP contribution in [0.3, 0.4) is 0 Å². The maximum atomic E-state index is 12.8. The monoisotopic (exact) mass is 327 g/mol. The van der Waals surface area contributed by atoms with E-state index in [1.807, 2.05) is 4.90 Å². The number of ether oxygens (including phenoxy) is 1. The molecule has 1 amide bonds. The molecule has 23 heavy (non-hydrogen) atoms. The van der Waals surface area contributed by atoms with Crippen LogP contribution in [0, 0.1) is 11.3 Å². The summed E-state index contributed by atoms with van der Waals surface area (Å²) in [6.45, 7) is 5.81. The van der Waals surface area contributed by atoms with Crippen LogP contribution in [0.15, 0.2) is 12.3 Å². The van der Waals surface area contributed by atoms with Gasteiger partial charge in [-0.1, -0.05) is 13.8 Å². The number of carbonyl (C=O) groups is 1. The fourth-order valence-electron chi connectivity index (χ4n) is 4.18. The molecule has 1 aromatic heterocycles. The van der Waals surface area contributed by atoms with E-state index in [9.17, 15) is 13.6 Å². The Balaban J connectivity index is 1.79. The molecule has 1 spiro atoms. The van der Waals surface area contributed by atoms with Gasteiger partial charge in [0.25, 0.3) is 12.3 Å². The maximum Gasteiger partial charge on any atom is 0.272 e. The van der Waals surface area contributed by atoms with E-state index in [0.717, 1.165) is 30.7 Å². The van der Waals surface area contributed by atoms with Gasteiger partial charge in [-0.2, -0.15) is 5.10 Å². The Morgan fingerprint density at radius 1 is 1.43 bits per heavy atom. The summed E-state index contributed by atoms with van der Waals surface area (Å²) >= 11 is 0. The second kappa shape index (κ2) is 6.19. The van der Waals surface area contributed by atoms with E-state index < -0.39 is 13.0 Å². The van der Waals surface area contributed by atoms with Crippen LogP contribution in [0.2, 0.25) is 0 Å². The van der Waals surface area contributed by atoms with Gasteiger partial charge >= 0.3 is 0 Å². The summed E-state index contributed by atoms with van der Waals surface area (Å²) in [5.74, 6) is 0.122. The normalized spacial score (nSPS) is 23.6. The second-order valence-electron chi connectivity index (χ2n) is 6.89. The van der Waals surface area contributed by atoms with Gasteiger partial charge in [0.05, 0.1) is 0 Å². The average molecular weight is 327 g/mol. The minimum Gasteiger partial charge on any atom is -0.381 e. The Labute approximate surface area is 134 Å². The molecule has 128 valence electrons. The lowest BCUT2D eigenvalue weighted by atomic mass is 9.62. The van der Waals surface area contributed by atoms with E-state index in [4.69, 9.17) is 4.74 Å². The molecule has 0 aromatic carbocycles. The molecular formula is C16H23F2N3O2. The van der Waals surface area contributed by atoms with E-state index in [0.29, 0.717) is 12.5 Å². The lowest BCUT2D eigenvalue weighted by Crippen LogP contribution is -2.69. The molecule has 0 bridgehead atoms. The second-order valence-corrected chi connectivity index (χ2v) is 6.89. The van der Waals surface area contributed by atoms with Gasteiger partial charge in [0.15, 0.2) is 0 Å². The summed E-state index contributed by atoms with van der Waals surface area (Å²) in [6.07, 6.45) is 0.788. The van der Waals surface area contributed by atoms with Crippen LogP contribution in [0.25, 0.3) is 0 Å². The van der Waals surface area contributed by atoms with Crippen LogP contribution >= 0.6 is 0 Å². The van der Waals surface area contributed by atoms with Crippen molar-refractivity contribution in [2.45, 2.75) is 45.7 Å². The molecule has 1 atom stereocenters. The zero-order valence-corrected chi connectivity index (χ0v) is 13.5. The van der Waals surface area contributed by atoms with Gasteiger partial charge in [0.2, 0.25) is 0 Å². The highest BCUT2D eigenvalue weighted by Gasteiger charge is 2.56. The predicted molar refractivity (Wildman–Crippen MR) is 80.4 cm³/mol. The largest absolute Gasteiger partial charge is 0.381 e. The molecule has 1 unspecified atom stereocenters. The summed E-state index contributed by atoms with van der Waals surface area (Å²) in [5, 5.41) is 3.86. The van der Waals surface area contributed by atoms with Gasteiger partial charge in [-0.3, -0.25) is 9.48 Å². The Morgan fingerprint density at radius 2 is 2.13 bits per heavy atom. The molecule has 0 N–H and O–H groups in total. The standard InChI is InChI=1S/C16H23F2N3O2/c1-11(2)14-16(4-7-23-8-5-16)10-20(14)15(22)12-3-6-19-21(12)9-13(17)18/h3,6,11,13-14H,4-5,7-10H2,1-2H3. The molecule has 2 fully saturated rings. The van der Waals surface area contributed by atoms with Crippen molar-refractivity contribution in [3.63, 3.8) is 0 Å². The molecule has 3 rings (SSSR count). The van der Waals surface area contributed by atoms with Crippen molar-refractivity contribution in [1.82, 2.24) is 14.7 Å². The number of hydrogen-bond donors (Lipinski definition) is 0. The Kier molecular flexibility index (Phi) is 4.40. The van der Waals surface area contributed by atoms with Gasteiger partial charge in [-0.05, 0) is 24.8 Å². The molecule has 7 heteroatoms. The van der Waals surface area contributed by atoms with Gasteiger partial charge in [0, 0.05) is 37.4 Å². The van der Waals surface area contributed by atoms with Gasteiger partial charge in [-0.15, -0.1) is 0 Å². The van der Waals surface area contributed by atoms with Crippen LogP contribution in [0.4, 0.5) is 8.78 Å². The summed E-state index contributed by atoms with van der Waals surface area (Å²) in [5.41, 5.74) is 0.369. The lowest BCUT2D eigenvalue weighted by Gasteiger charge is -2.60. The summed E-state index contributed by atoms with van der Waals surface area (Å²) in [4.78, 5) is 14.6. The summed E-state index contributed by atoms with van der Waals surface area (Å²) < 4.78 is 31.8. The molecule has 1 aromatic rings. The minimum atomic E-state index is -2.53. The first-order valence-electron chi connectivity index (χ1n) is 8.13. The topological polar surface area (TPSA) is 47.4 Å². The fraction of sp³-hybridized carbons (Fsp3) is 0.750. The SMILES string of the molecule is CC(C)C1N(C(=O)c2ccnn2CC(F)F)CC12CCOCC2. The first kappa shape index (κ1) is 16.4. The Morgan fingerprint density at radius 3 is 2.74 bits per heavy atom. The van der Waals surface area contributed by atoms with E-state index in [2.05, 4.69) is 18.9 Å². The zero-order chi connectivity index (χ0) is 16.6. The van der Waals surface area contributed by atoms with E-state index in [1.165, 1.54) is 12.3 Å². The van der Waals surface area contributed by atoms with Crippen LogP contribution in [0.5, 0.6) is 0 Å². The highest BCUT2D eigenvalue weighted by Crippen LogP contribution is 2.49. The molecule has 3 heterocycles. The van der Waals surface area contributed by atoms with Gasteiger partial charge < -0.3 is 9.64 Å². The average Bonchev–Trinajstić information content (AvgIpc) is 2.92. The zero-order valence-electron chi connectivity index (χ0n) is 13.5. The van der Waals surface area contributed by atoms with Crippen molar-refractivity contribution in [1.29, 1.82) is 0 Å². The summed E-state index contributed by atoms with van der Waals surface area (Å²) in [6, 6.07) is 1.66. The smallest absolute Gasteiger partial charge is 0.272 e. The van der Waals surface area contributed by atoms with Crippen LogP contribution in [-0.4, -0.2) is 52.8 Å². The molecule has 2 saturated heterocycles. The highest BCUT2D eigenvalue weighted by atomic mass is 19.3. The van der Waals surface area contributed by atoms with Gasteiger partial charge in [0.1, 0.15) is 12.2 Å². The number of likely N-dealkylation sites (tertiary alicyclic amines) is 1. The maximum absolute atomic E-state index is 12.8. The number of carbonyl (C=O) groups excluding carboxylic acids is 1. The number of amides is 1. The molecule has 5 nitrogen and oxygen atoms in total. The lowest BCUT2D eigenvalue weighted by molar-refractivity contribution is -0.128. The third-order valence-corrected chi connectivity index (χ3v) is 5.08. The van der Waals surface area contributed by atoms with Crippen molar-refractivity contribution in [3.8, 4) is 0 Å². The number of aromatic nitrogens is 2. The minimum absolute atomic E-state index is 0.121. The van der Waals surface area contributed by atoms with Crippen molar-refractivity contribution >= 4 is 5.91 Å². The first-order valence-corrected chi connectivity index (χ1v) is 8.13. The van der Waals surface area contributed by atoms with Gasteiger partial charge in [-0.25, -0.2) is 8.78 Å². The molecule has 0 aliphatic carbocycles. The van der Waals surface area contributed by atoms with E-state index in [-0.39, 0.29) is 23.1 Å². The van der Waals surface area contributed by atoms with Crippen molar-refractivity contribution in [2.24, 2.45) is 11.3 Å². The van der Waals surface area contributed by atoms with Crippen molar-refractivity contribution in [3.05, 3.63) is 18.0 Å². The third kappa shape index (κ3) is 2.86. The van der Waals surface area contributed by atoms with Crippen molar-refractivity contribution < 1.29 is 18.3 Å². The van der Waals surface area contributed by atoms with E-state index >= 15 is 0 Å². The molecule has 0 radical (unpaired) electrons. The van der Waals surface area contributed by atoms with E-state index in [1.54, 1.807) is 0 Å². The fourth-order valence-corrected chi connectivity index (χ4v) is 4.18. The Bertz CT molecular complexity index is 567. The molecule has 2 aliphatic rings. The quantitative estimate of drug-likeness (QED) is 0.853. The van der Waals surface area contributed by atoms with Crippen LogP contribution < -0.4 is 0 Å².